The van der Waals surface area contributed by atoms with Crippen molar-refractivity contribution in [2.24, 2.45) is 22.7 Å². The molecule has 2 saturated heterocycles. The molecule has 0 aromatic heterocycles. The van der Waals surface area contributed by atoms with Crippen LogP contribution in [0.2, 0.25) is 0 Å². The maximum atomic E-state index is 12.5. The van der Waals surface area contributed by atoms with Gasteiger partial charge in [-0.1, -0.05) is 34.6 Å². The van der Waals surface area contributed by atoms with E-state index in [0.29, 0.717) is 17.9 Å². The summed E-state index contributed by atoms with van der Waals surface area (Å²) in [4.78, 5) is 0. The van der Waals surface area contributed by atoms with E-state index in [4.69, 9.17) is 9.47 Å². The van der Waals surface area contributed by atoms with Gasteiger partial charge in [-0.2, -0.15) is 0 Å². The summed E-state index contributed by atoms with van der Waals surface area (Å²) in [6, 6.07) is 0. The van der Waals surface area contributed by atoms with Crippen molar-refractivity contribution in [2.75, 3.05) is 33.1 Å². The molecule has 2 atom stereocenters. The third kappa shape index (κ3) is 3.94. The normalized spacial score (nSPS) is 33.6. The number of alkyl halides is 1. The van der Waals surface area contributed by atoms with Crippen molar-refractivity contribution in [3.05, 3.63) is 0 Å². The minimum atomic E-state index is -0.231. The first-order chi connectivity index (χ1) is 9.42. The zero-order chi connectivity index (χ0) is 15.2. The fraction of sp³-hybridized carbons (Fsp3) is 1.00. The van der Waals surface area contributed by atoms with Crippen molar-refractivity contribution >= 4 is 0 Å². The molecule has 2 unspecified atom stereocenters. The van der Waals surface area contributed by atoms with Crippen LogP contribution in [0.5, 0.6) is 0 Å². The van der Waals surface area contributed by atoms with Crippen LogP contribution in [0.25, 0.3) is 0 Å². The first-order valence-corrected chi connectivity index (χ1v) is 8.14. The molecular formula is C17H33FO2. The van der Waals surface area contributed by atoms with Gasteiger partial charge in [0.2, 0.25) is 0 Å². The summed E-state index contributed by atoms with van der Waals surface area (Å²) in [6.45, 7) is 14.1. The highest BCUT2D eigenvalue weighted by Gasteiger charge is 2.38. The molecule has 20 heavy (non-hydrogen) atoms. The highest BCUT2D eigenvalue weighted by Crippen LogP contribution is 2.39. The first-order valence-electron chi connectivity index (χ1n) is 8.14. The van der Waals surface area contributed by atoms with Crippen LogP contribution in [0.15, 0.2) is 0 Å². The van der Waals surface area contributed by atoms with Crippen molar-refractivity contribution in [2.45, 2.75) is 53.9 Å². The van der Waals surface area contributed by atoms with Crippen LogP contribution in [0, 0.1) is 22.7 Å². The molecule has 0 saturated carbocycles. The fourth-order valence-corrected chi connectivity index (χ4v) is 3.10. The van der Waals surface area contributed by atoms with Gasteiger partial charge in [0.25, 0.3) is 0 Å². The Labute approximate surface area is 124 Å². The van der Waals surface area contributed by atoms with Gasteiger partial charge in [0.05, 0.1) is 19.9 Å². The van der Waals surface area contributed by atoms with Crippen LogP contribution in [0.4, 0.5) is 4.39 Å². The van der Waals surface area contributed by atoms with E-state index in [-0.39, 0.29) is 12.1 Å². The van der Waals surface area contributed by atoms with E-state index in [1.165, 1.54) is 12.8 Å². The third-order valence-corrected chi connectivity index (χ3v) is 5.69. The highest BCUT2D eigenvalue weighted by atomic mass is 19.1. The van der Waals surface area contributed by atoms with Crippen LogP contribution in [0.3, 0.4) is 0 Å². The minimum absolute atomic E-state index is 0.153. The largest absolute Gasteiger partial charge is 0.381 e. The van der Waals surface area contributed by atoms with Crippen molar-refractivity contribution in [1.82, 2.24) is 0 Å². The molecule has 0 amide bonds. The summed E-state index contributed by atoms with van der Waals surface area (Å²) in [5.74, 6) is 1.18. The Balaban J connectivity index is 0.000000200. The van der Waals surface area contributed by atoms with Crippen LogP contribution < -0.4 is 0 Å². The molecule has 0 aliphatic carbocycles. The Kier molecular flexibility index (Phi) is 6.93. The molecule has 3 heteroatoms. The monoisotopic (exact) mass is 288 g/mol. The number of ether oxygens (including phenoxy) is 2. The summed E-state index contributed by atoms with van der Waals surface area (Å²) < 4.78 is 23.1. The molecule has 120 valence electrons. The average molecular weight is 288 g/mol. The molecule has 2 aliphatic rings. The molecule has 0 radical (unpaired) electrons. The molecule has 2 aliphatic heterocycles. The Hall–Kier alpha value is -0.150. The van der Waals surface area contributed by atoms with Gasteiger partial charge < -0.3 is 9.47 Å². The molecular weight excluding hydrogens is 255 g/mol. The molecule has 2 fully saturated rings. The van der Waals surface area contributed by atoms with Crippen molar-refractivity contribution in [1.29, 1.82) is 0 Å². The summed E-state index contributed by atoms with van der Waals surface area (Å²) >= 11 is 0. The number of hydrogen-bond acceptors (Lipinski definition) is 2. The molecule has 0 aromatic carbocycles. The topological polar surface area (TPSA) is 18.5 Å². The third-order valence-electron chi connectivity index (χ3n) is 5.69. The summed E-state index contributed by atoms with van der Waals surface area (Å²) in [5.41, 5.74) is 0.361. The average Bonchev–Trinajstić information content (AvgIpc) is 3.10. The SMILES string of the molecule is CC(C)C1(CF)CCOC1.CCC1(C(C)C)CCOC1. The van der Waals surface area contributed by atoms with E-state index in [1.54, 1.807) is 0 Å². The number of hydrogen-bond donors (Lipinski definition) is 0. The Morgan fingerprint density at radius 1 is 0.900 bits per heavy atom. The number of halogens is 1. The molecule has 2 nitrogen and oxygen atoms in total. The lowest BCUT2D eigenvalue weighted by Gasteiger charge is -2.30. The van der Waals surface area contributed by atoms with E-state index in [2.05, 4.69) is 34.6 Å². The second kappa shape index (κ2) is 7.74. The second-order valence-electron chi connectivity index (χ2n) is 7.13. The van der Waals surface area contributed by atoms with Gasteiger partial charge in [-0.25, -0.2) is 0 Å². The second-order valence-corrected chi connectivity index (χ2v) is 7.13. The van der Waals surface area contributed by atoms with Gasteiger partial charge >= 0.3 is 0 Å². The Morgan fingerprint density at radius 3 is 1.50 bits per heavy atom. The standard InChI is InChI=1S/C9H18O.C8H15FO/c1-4-9(8(2)3)5-6-10-7-9;1-7(2)8(5-9)3-4-10-6-8/h8H,4-7H2,1-3H3;7H,3-6H2,1-2H3. The zero-order valence-corrected chi connectivity index (χ0v) is 14.0. The summed E-state index contributed by atoms with van der Waals surface area (Å²) in [5, 5.41) is 0. The minimum Gasteiger partial charge on any atom is -0.381 e. The predicted molar refractivity (Wildman–Crippen MR) is 81.7 cm³/mol. The summed E-state index contributed by atoms with van der Waals surface area (Å²) in [6.07, 6.45) is 3.42. The van der Waals surface area contributed by atoms with Crippen molar-refractivity contribution in [3.8, 4) is 0 Å². The number of rotatable bonds is 4. The first kappa shape index (κ1) is 17.9. The quantitative estimate of drug-likeness (QED) is 0.759. The highest BCUT2D eigenvalue weighted by molar-refractivity contribution is 4.85. The van der Waals surface area contributed by atoms with Crippen molar-refractivity contribution in [3.63, 3.8) is 0 Å². The zero-order valence-electron chi connectivity index (χ0n) is 14.0. The molecule has 2 heterocycles. The molecule has 0 N–H and O–H groups in total. The lowest BCUT2D eigenvalue weighted by atomic mass is 9.75. The van der Waals surface area contributed by atoms with Crippen LogP contribution in [-0.2, 0) is 9.47 Å². The van der Waals surface area contributed by atoms with Gasteiger partial charge in [-0.3, -0.25) is 4.39 Å². The van der Waals surface area contributed by atoms with E-state index >= 15 is 0 Å². The molecule has 2 rings (SSSR count). The van der Waals surface area contributed by atoms with Gasteiger partial charge in [0, 0.05) is 18.6 Å². The van der Waals surface area contributed by atoms with E-state index in [1.807, 2.05) is 0 Å². The lowest BCUT2D eigenvalue weighted by Crippen LogP contribution is -2.29. The fourth-order valence-electron chi connectivity index (χ4n) is 3.10. The predicted octanol–water partition coefficient (Wildman–Crippen LogP) is 4.48. The Bertz CT molecular complexity index is 236. The van der Waals surface area contributed by atoms with E-state index < -0.39 is 0 Å². The van der Waals surface area contributed by atoms with Crippen molar-refractivity contribution < 1.29 is 13.9 Å². The van der Waals surface area contributed by atoms with Crippen LogP contribution >= 0.6 is 0 Å². The van der Waals surface area contributed by atoms with E-state index in [9.17, 15) is 4.39 Å². The molecule has 0 bridgehead atoms. The van der Waals surface area contributed by atoms with Gasteiger partial charge in [0.15, 0.2) is 0 Å². The van der Waals surface area contributed by atoms with Crippen LogP contribution in [-0.4, -0.2) is 33.1 Å². The molecule has 0 aromatic rings. The van der Waals surface area contributed by atoms with Gasteiger partial charge in [0.1, 0.15) is 0 Å². The Morgan fingerprint density at radius 2 is 1.35 bits per heavy atom. The molecule has 0 spiro atoms. The smallest absolute Gasteiger partial charge is 0.0976 e. The maximum absolute atomic E-state index is 12.5. The van der Waals surface area contributed by atoms with Crippen LogP contribution in [0.1, 0.15) is 53.9 Å². The lowest BCUT2D eigenvalue weighted by molar-refractivity contribution is 0.0938. The summed E-state index contributed by atoms with van der Waals surface area (Å²) in [7, 11) is 0. The maximum Gasteiger partial charge on any atom is 0.0976 e. The van der Waals surface area contributed by atoms with Gasteiger partial charge in [-0.05, 0) is 36.5 Å². The van der Waals surface area contributed by atoms with E-state index in [0.717, 1.165) is 32.2 Å². The van der Waals surface area contributed by atoms with Gasteiger partial charge in [-0.15, -0.1) is 0 Å².